The van der Waals surface area contributed by atoms with Crippen LogP contribution in [0.4, 0.5) is 0 Å². The number of carbonyl (C=O) groups is 1. The maximum Gasteiger partial charge on any atom is 0.305 e. The number of aromatic nitrogens is 2. The molecule has 1 aromatic rings. The van der Waals surface area contributed by atoms with Crippen LogP contribution in [-0.4, -0.2) is 26.9 Å². The summed E-state index contributed by atoms with van der Waals surface area (Å²) < 4.78 is 1.73. The van der Waals surface area contributed by atoms with Gasteiger partial charge in [-0.1, -0.05) is 0 Å². The lowest BCUT2D eigenvalue weighted by Gasteiger charge is -2.16. The lowest BCUT2D eigenvalue weighted by atomic mass is 10.1. The molecule has 0 bridgehead atoms. The van der Waals surface area contributed by atoms with Crippen molar-refractivity contribution in [2.75, 3.05) is 0 Å². The summed E-state index contributed by atoms with van der Waals surface area (Å²) in [5, 5.41) is 16.2. The van der Waals surface area contributed by atoms with Crippen LogP contribution in [0.5, 0.6) is 0 Å². The van der Waals surface area contributed by atoms with Crippen molar-refractivity contribution in [3.05, 3.63) is 18.0 Å². The fraction of sp³-hybridized carbons (Fsp3) is 0.600. The minimum Gasteiger partial charge on any atom is -0.481 e. The van der Waals surface area contributed by atoms with Crippen molar-refractivity contribution < 1.29 is 9.90 Å². The molecular formula is C10H15N3O2. The molecule has 0 amide bonds. The normalized spacial score (nSPS) is 17.7. The molecule has 1 fully saturated rings. The number of aliphatic carboxylic acids is 1. The average molecular weight is 209 g/mol. The molecule has 0 aromatic carbocycles. The summed E-state index contributed by atoms with van der Waals surface area (Å²) in [6.45, 7) is 0. The number of hydrogen-bond donors (Lipinski definition) is 2. The Balaban J connectivity index is 2.09. The maximum absolute atomic E-state index is 10.7. The van der Waals surface area contributed by atoms with E-state index in [4.69, 9.17) is 5.11 Å². The van der Waals surface area contributed by atoms with Crippen molar-refractivity contribution in [3.8, 4) is 0 Å². The molecule has 2 rings (SSSR count). The Kier molecular flexibility index (Phi) is 2.73. The van der Waals surface area contributed by atoms with E-state index in [1.807, 2.05) is 13.1 Å². The van der Waals surface area contributed by atoms with Gasteiger partial charge in [0.15, 0.2) is 0 Å². The van der Waals surface area contributed by atoms with E-state index in [1.54, 1.807) is 10.9 Å². The topological polar surface area (TPSA) is 67.2 Å². The van der Waals surface area contributed by atoms with E-state index < -0.39 is 5.97 Å². The maximum atomic E-state index is 10.7. The smallest absolute Gasteiger partial charge is 0.305 e. The van der Waals surface area contributed by atoms with Crippen molar-refractivity contribution in [1.82, 2.24) is 15.1 Å². The van der Waals surface area contributed by atoms with Crippen LogP contribution in [-0.2, 0) is 11.8 Å². The predicted molar refractivity (Wildman–Crippen MR) is 54.4 cm³/mol. The molecule has 15 heavy (non-hydrogen) atoms. The zero-order valence-electron chi connectivity index (χ0n) is 8.68. The van der Waals surface area contributed by atoms with Gasteiger partial charge in [-0.05, 0) is 18.9 Å². The molecule has 1 unspecified atom stereocenters. The van der Waals surface area contributed by atoms with Gasteiger partial charge in [0, 0.05) is 19.3 Å². The second-order valence-electron chi connectivity index (χ2n) is 3.97. The van der Waals surface area contributed by atoms with Crippen LogP contribution < -0.4 is 5.32 Å². The fourth-order valence-corrected chi connectivity index (χ4v) is 1.68. The van der Waals surface area contributed by atoms with Gasteiger partial charge in [-0.3, -0.25) is 9.48 Å². The molecule has 1 heterocycles. The molecule has 5 heteroatoms. The highest BCUT2D eigenvalue weighted by molar-refractivity contribution is 5.67. The summed E-state index contributed by atoms with van der Waals surface area (Å²) in [6, 6.07) is 2.23. The molecule has 0 spiro atoms. The molecule has 1 aliphatic carbocycles. The number of hydrogen-bond acceptors (Lipinski definition) is 3. The number of carboxylic acid groups (broad SMARTS) is 1. The number of nitrogens with zero attached hydrogens (tertiary/aromatic N) is 2. The van der Waals surface area contributed by atoms with Gasteiger partial charge in [-0.15, -0.1) is 0 Å². The molecule has 1 aromatic heterocycles. The van der Waals surface area contributed by atoms with E-state index in [0.717, 1.165) is 18.5 Å². The van der Waals surface area contributed by atoms with E-state index in [1.165, 1.54) is 0 Å². The van der Waals surface area contributed by atoms with Crippen molar-refractivity contribution in [1.29, 1.82) is 0 Å². The van der Waals surface area contributed by atoms with Gasteiger partial charge in [-0.25, -0.2) is 0 Å². The van der Waals surface area contributed by atoms with Gasteiger partial charge in [0.05, 0.1) is 18.2 Å². The second-order valence-corrected chi connectivity index (χ2v) is 3.97. The van der Waals surface area contributed by atoms with Crippen LogP contribution in [0.1, 0.15) is 31.0 Å². The molecule has 0 aliphatic heterocycles. The van der Waals surface area contributed by atoms with E-state index in [0.29, 0.717) is 6.04 Å². The number of rotatable bonds is 5. The zero-order chi connectivity index (χ0) is 10.8. The molecule has 1 saturated carbocycles. The first-order valence-electron chi connectivity index (χ1n) is 5.12. The quantitative estimate of drug-likeness (QED) is 0.748. The lowest BCUT2D eigenvalue weighted by molar-refractivity contribution is -0.137. The van der Waals surface area contributed by atoms with Gasteiger partial charge in [0.25, 0.3) is 0 Å². The van der Waals surface area contributed by atoms with Gasteiger partial charge >= 0.3 is 5.97 Å². The van der Waals surface area contributed by atoms with Gasteiger partial charge in [0.2, 0.25) is 0 Å². The predicted octanol–water partition coefficient (Wildman–Crippen LogP) is 0.688. The Bertz CT molecular complexity index is 357. The van der Waals surface area contributed by atoms with Crippen LogP contribution in [0.15, 0.2) is 12.3 Å². The van der Waals surface area contributed by atoms with E-state index in [-0.39, 0.29) is 12.5 Å². The van der Waals surface area contributed by atoms with Crippen LogP contribution in [0.25, 0.3) is 0 Å². The Hall–Kier alpha value is -1.36. The van der Waals surface area contributed by atoms with Crippen LogP contribution >= 0.6 is 0 Å². The van der Waals surface area contributed by atoms with E-state index >= 15 is 0 Å². The third-order valence-electron chi connectivity index (χ3n) is 2.61. The summed E-state index contributed by atoms with van der Waals surface area (Å²) in [7, 11) is 1.83. The highest BCUT2D eigenvalue weighted by Crippen LogP contribution is 2.25. The molecular weight excluding hydrogens is 194 g/mol. The van der Waals surface area contributed by atoms with Crippen molar-refractivity contribution in [2.45, 2.75) is 31.3 Å². The van der Waals surface area contributed by atoms with Gasteiger partial charge in [-0.2, -0.15) is 5.10 Å². The zero-order valence-corrected chi connectivity index (χ0v) is 8.68. The highest BCUT2D eigenvalue weighted by atomic mass is 16.4. The summed E-state index contributed by atoms with van der Waals surface area (Å²) >= 11 is 0. The van der Waals surface area contributed by atoms with Crippen molar-refractivity contribution in [3.63, 3.8) is 0 Å². The molecule has 0 saturated heterocycles. The molecule has 1 atom stereocenters. The number of nitrogens with one attached hydrogen (secondary N) is 1. The third-order valence-corrected chi connectivity index (χ3v) is 2.61. The van der Waals surface area contributed by atoms with E-state index in [9.17, 15) is 4.79 Å². The largest absolute Gasteiger partial charge is 0.481 e. The number of carboxylic acids is 1. The molecule has 1 aliphatic rings. The molecule has 82 valence electrons. The third kappa shape index (κ3) is 2.56. The monoisotopic (exact) mass is 209 g/mol. The summed E-state index contributed by atoms with van der Waals surface area (Å²) in [4.78, 5) is 10.7. The minimum absolute atomic E-state index is 0.107. The summed E-state index contributed by atoms with van der Waals surface area (Å²) in [5.74, 6) is -0.783. The van der Waals surface area contributed by atoms with Gasteiger partial charge in [0.1, 0.15) is 0 Å². The second kappa shape index (κ2) is 4.02. The Morgan fingerprint density at radius 3 is 3.00 bits per heavy atom. The average Bonchev–Trinajstić information content (AvgIpc) is 2.86. The highest BCUT2D eigenvalue weighted by Gasteiger charge is 2.27. The van der Waals surface area contributed by atoms with Crippen LogP contribution in [0.2, 0.25) is 0 Å². The van der Waals surface area contributed by atoms with Crippen molar-refractivity contribution in [2.24, 2.45) is 7.05 Å². The molecule has 0 radical (unpaired) electrons. The first-order chi connectivity index (χ1) is 7.16. The Morgan fingerprint density at radius 2 is 2.53 bits per heavy atom. The minimum atomic E-state index is -0.783. The fourth-order valence-electron chi connectivity index (χ4n) is 1.68. The SMILES string of the molecule is Cn1nccc1C(CC(=O)O)NC1CC1. The van der Waals surface area contributed by atoms with Crippen molar-refractivity contribution >= 4 is 5.97 Å². The lowest BCUT2D eigenvalue weighted by Crippen LogP contribution is -2.27. The Labute approximate surface area is 88.1 Å². The van der Waals surface area contributed by atoms with Gasteiger partial charge < -0.3 is 10.4 Å². The van der Waals surface area contributed by atoms with Crippen LogP contribution in [0.3, 0.4) is 0 Å². The Morgan fingerprint density at radius 1 is 1.80 bits per heavy atom. The summed E-state index contributed by atoms with van der Waals surface area (Å²) in [6.07, 6.45) is 4.09. The van der Waals surface area contributed by atoms with E-state index in [2.05, 4.69) is 10.4 Å². The first-order valence-corrected chi connectivity index (χ1v) is 5.12. The standard InChI is InChI=1S/C10H15N3O2/c1-13-9(4-5-11-13)8(6-10(14)15)12-7-2-3-7/h4-5,7-8,12H,2-3,6H2,1H3,(H,14,15). The number of aryl methyl sites for hydroxylation is 1. The summed E-state index contributed by atoms with van der Waals surface area (Å²) in [5.41, 5.74) is 0.935. The van der Waals surface area contributed by atoms with Crippen LogP contribution in [0, 0.1) is 0 Å². The first kappa shape index (κ1) is 10.2. The molecule has 5 nitrogen and oxygen atoms in total. The molecule has 2 N–H and O–H groups in total.